The molecule has 0 spiro atoms. The first kappa shape index (κ1) is 16.4. The highest BCUT2D eigenvalue weighted by Crippen LogP contribution is 2.52. The van der Waals surface area contributed by atoms with Gasteiger partial charge in [-0.15, -0.1) is 0 Å². The van der Waals surface area contributed by atoms with Crippen molar-refractivity contribution in [3.05, 3.63) is 70.2 Å². The third-order valence-electron chi connectivity index (χ3n) is 3.71. The second-order valence-corrected chi connectivity index (χ2v) is 5.86. The third kappa shape index (κ3) is 2.38. The van der Waals surface area contributed by atoms with Crippen LogP contribution in [0, 0.1) is 35.8 Å². The lowest BCUT2D eigenvalue weighted by atomic mass is 10.0. The Kier molecular flexibility index (Phi) is 3.67. The van der Waals surface area contributed by atoms with Gasteiger partial charge in [-0.1, -0.05) is 0 Å². The summed E-state index contributed by atoms with van der Waals surface area (Å²) in [4.78, 5) is 31.3. The van der Waals surface area contributed by atoms with Crippen molar-refractivity contribution in [1.82, 2.24) is 0 Å². The topological polar surface area (TPSA) is 153 Å². The number of nitrogens with zero attached hydrogens (tertiary/aromatic N) is 3. The molecule has 3 rings (SSSR count). The van der Waals surface area contributed by atoms with E-state index in [0.717, 1.165) is 18.2 Å². The highest BCUT2D eigenvalue weighted by Gasteiger charge is 2.36. The summed E-state index contributed by atoms with van der Waals surface area (Å²) < 4.78 is 0.208. The van der Waals surface area contributed by atoms with Gasteiger partial charge in [-0.25, -0.2) is 0 Å². The van der Waals surface area contributed by atoms with Crippen molar-refractivity contribution in [1.29, 1.82) is 5.41 Å². The zero-order valence-corrected chi connectivity index (χ0v) is 13.6. The number of hydrogen-bond acceptors (Lipinski definition) is 7. The molecule has 1 N–H and O–H groups in total. The lowest BCUT2D eigenvalue weighted by Gasteiger charge is -2.05. The molecular weight excluding hydrogens is 400 g/mol. The number of hydrogen-bond donors (Lipinski definition) is 1. The van der Waals surface area contributed by atoms with E-state index in [2.05, 4.69) is 21.8 Å². The van der Waals surface area contributed by atoms with E-state index >= 15 is 0 Å². The van der Waals surface area contributed by atoms with E-state index in [0.29, 0.717) is 0 Å². The molecule has 2 aromatic rings. The lowest BCUT2D eigenvalue weighted by Crippen LogP contribution is -1.97. The maximum absolute atomic E-state index is 11.4. The first-order valence-electron chi connectivity index (χ1n) is 6.51. The van der Waals surface area contributed by atoms with Gasteiger partial charge in [0.2, 0.25) is 0 Å². The van der Waals surface area contributed by atoms with Crippen LogP contribution in [0.2, 0.25) is 0 Å². The van der Waals surface area contributed by atoms with Gasteiger partial charge < -0.3 is 0 Å². The molecule has 1 aliphatic carbocycles. The fraction of sp³-hybridized carbons (Fsp3) is 0. The minimum absolute atomic E-state index is 0.0150. The third-order valence-corrected chi connectivity index (χ3v) is 4.33. The van der Waals surface area contributed by atoms with E-state index in [1.54, 1.807) is 0 Å². The molecule has 2 aromatic carbocycles. The van der Waals surface area contributed by atoms with Gasteiger partial charge in [0.15, 0.2) is 0 Å². The first-order chi connectivity index (χ1) is 11.8. The second kappa shape index (κ2) is 5.58. The summed E-state index contributed by atoms with van der Waals surface area (Å²) in [7, 11) is 0. The normalized spacial score (nSPS) is 11.5. The van der Waals surface area contributed by atoms with Crippen molar-refractivity contribution in [3.8, 4) is 11.1 Å². The lowest BCUT2D eigenvalue weighted by molar-refractivity contribution is -0.393. The number of halogens is 1. The van der Waals surface area contributed by atoms with Crippen LogP contribution < -0.4 is 0 Å². The average Bonchev–Trinajstić information content (AvgIpc) is 2.87. The van der Waals surface area contributed by atoms with Crippen molar-refractivity contribution in [2.45, 2.75) is 0 Å². The number of benzene rings is 2. The SMILES string of the molecule is N=C=C1c2cc([N+](=O)[O-])cc(Br)c2-c2c1cc([N+](=O)[O-])cc2[N+](=O)[O-]. The Morgan fingerprint density at radius 2 is 1.36 bits per heavy atom. The quantitative estimate of drug-likeness (QED) is 0.397. The maximum Gasteiger partial charge on any atom is 0.284 e. The Balaban J connectivity index is 2.48. The van der Waals surface area contributed by atoms with Crippen LogP contribution >= 0.6 is 15.9 Å². The Morgan fingerprint density at radius 3 is 1.84 bits per heavy atom. The van der Waals surface area contributed by atoms with Crippen LogP contribution in [0.15, 0.2) is 28.7 Å². The number of nitro groups is 3. The van der Waals surface area contributed by atoms with Gasteiger partial charge in [0.25, 0.3) is 17.1 Å². The van der Waals surface area contributed by atoms with Gasteiger partial charge in [-0.2, -0.15) is 0 Å². The maximum atomic E-state index is 11.4. The Hall–Kier alpha value is -3.43. The fourth-order valence-corrected chi connectivity index (χ4v) is 3.40. The van der Waals surface area contributed by atoms with E-state index in [1.165, 1.54) is 6.07 Å². The summed E-state index contributed by atoms with van der Waals surface area (Å²) >= 11 is 3.16. The summed E-state index contributed by atoms with van der Waals surface area (Å²) in [6.07, 6.45) is 0. The summed E-state index contributed by atoms with van der Waals surface area (Å²) in [5.41, 5.74) is -0.757. The molecule has 0 unspecified atom stereocenters. The molecule has 0 atom stereocenters. The van der Waals surface area contributed by atoms with Crippen LogP contribution in [0.25, 0.3) is 16.7 Å². The van der Waals surface area contributed by atoms with Crippen LogP contribution in [-0.4, -0.2) is 20.6 Å². The number of fused-ring (bicyclic) bond motifs is 3. The van der Waals surface area contributed by atoms with Gasteiger partial charge >= 0.3 is 0 Å². The molecule has 1 aliphatic rings. The number of nitrogens with one attached hydrogen (secondary N) is 1. The molecule has 0 heterocycles. The minimum Gasteiger partial charge on any atom is -0.258 e. The standard InChI is InChI=1S/C14H5BrN4O6/c15-11-3-6(17(20)21)1-8-10(5-16)9-2-7(18(22)23)4-12(19(24)25)14(9)13(8)11/h1-4,16H. The zero-order chi connectivity index (χ0) is 18.5. The molecule has 0 bridgehead atoms. The highest BCUT2D eigenvalue weighted by atomic mass is 79.9. The van der Waals surface area contributed by atoms with Crippen molar-refractivity contribution in [2.24, 2.45) is 0 Å². The van der Waals surface area contributed by atoms with Crippen molar-refractivity contribution >= 4 is 44.4 Å². The molecule has 0 amide bonds. The van der Waals surface area contributed by atoms with Crippen LogP contribution in [0.1, 0.15) is 11.1 Å². The molecule has 0 saturated heterocycles. The van der Waals surface area contributed by atoms with Crippen LogP contribution in [0.5, 0.6) is 0 Å². The molecule has 11 heteroatoms. The van der Waals surface area contributed by atoms with Gasteiger partial charge in [-0.3, -0.25) is 35.8 Å². The van der Waals surface area contributed by atoms with E-state index < -0.39 is 26.1 Å². The van der Waals surface area contributed by atoms with Crippen LogP contribution in [-0.2, 0) is 0 Å². The number of rotatable bonds is 3. The molecule has 124 valence electrons. The van der Waals surface area contributed by atoms with Gasteiger partial charge in [0, 0.05) is 39.4 Å². The molecule has 0 aliphatic heterocycles. The summed E-state index contributed by atoms with van der Waals surface area (Å²) in [5.74, 6) is 2.08. The Morgan fingerprint density at radius 1 is 0.840 bits per heavy atom. The van der Waals surface area contributed by atoms with Crippen molar-refractivity contribution < 1.29 is 14.8 Å². The smallest absolute Gasteiger partial charge is 0.258 e. The molecule has 0 fully saturated rings. The fourth-order valence-electron chi connectivity index (χ4n) is 2.75. The predicted molar refractivity (Wildman–Crippen MR) is 89.8 cm³/mol. The highest BCUT2D eigenvalue weighted by molar-refractivity contribution is 9.10. The molecule has 0 aromatic heterocycles. The molecule has 10 nitrogen and oxygen atoms in total. The summed E-state index contributed by atoms with van der Waals surface area (Å²) in [6.45, 7) is 0. The van der Waals surface area contributed by atoms with Gasteiger partial charge in [0.1, 0.15) is 0 Å². The van der Waals surface area contributed by atoms with E-state index in [1.807, 2.05) is 0 Å². The summed E-state index contributed by atoms with van der Waals surface area (Å²) in [5, 5.41) is 41.0. The predicted octanol–water partition coefficient (Wildman–Crippen LogP) is 3.83. The average molecular weight is 405 g/mol. The Labute approximate surface area is 146 Å². The van der Waals surface area contributed by atoms with Crippen LogP contribution in [0.4, 0.5) is 17.1 Å². The Bertz CT molecular complexity index is 1060. The number of non-ortho nitro benzene ring substituents is 2. The van der Waals surface area contributed by atoms with Crippen molar-refractivity contribution in [2.75, 3.05) is 0 Å². The molecular formula is C14H5BrN4O6. The zero-order valence-electron chi connectivity index (χ0n) is 12.0. The van der Waals surface area contributed by atoms with Crippen LogP contribution in [0.3, 0.4) is 0 Å². The monoisotopic (exact) mass is 404 g/mol. The largest absolute Gasteiger partial charge is 0.284 e. The second-order valence-electron chi connectivity index (χ2n) is 5.01. The summed E-state index contributed by atoms with van der Waals surface area (Å²) in [6, 6.07) is 4.26. The van der Waals surface area contributed by atoms with E-state index in [9.17, 15) is 30.3 Å². The van der Waals surface area contributed by atoms with Crippen molar-refractivity contribution in [3.63, 3.8) is 0 Å². The molecule has 0 radical (unpaired) electrons. The van der Waals surface area contributed by atoms with E-state index in [-0.39, 0.29) is 38.0 Å². The molecule has 25 heavy (non-hydrogen) atoms. The first-order valence-corrected chi connectivity index (χ1v) is 7.31. The van der Waals surface area contributed by atoms with Gasteiger partial charge in [-0.05, 0) is 21.8 Å². The van der Waals surface area contributed by atoms with Gasteiger partial charge in [0.05, 0.1) is 32.0 Å². The molecule has 0 saturated carbocycles. The minimum atomic E-state index is -0.782. The van der Waals surface area contributed by atoms with E-state index in [4.69, 9.17) is 5.41 Å². The number of nitro benzene ring substituents is 3.